The maximum atomic E-state index is 13.3. The first kappa shape index (κ1) is 41.2. The molecule has 4 atom stereocenters. The minimum Gasteiger partial charge on any atom is -0.850 e. The fourth-order valence-corrected chi connectivity index (χ4v) is 5.09. The third-order valence-electron chi connectivity index (χ3n) is 7.14. The molecule has 18 heteroatoms. The van der Waals surface area contributed by atoms with E-state index in [1.807, 2.05) is 0 Å². The van der Waals surface area contributed by atoms with Crippen LogP contribution >= 0.6 is 0 Å². The van der Waals surface area contributed by atoms with E-state index in [1.165, 1.54) is 35.4 Å². The van der Waals surface area contributed by atoms with Crippen molar-refractivity contribution in [3.05, 3.63) is 41.8 Å². The Bertz CT molecular complexity index is 1490. The summed E-state index contributed by atoms with van der Waals surface area (Å²) < 4.78 is 24.7. The van der Waals surface area contributed by atoms with E-state index < -0.39 is 55.9 Å². The van der Waals surface area contributed by atoms with Gasteiger partial charge in [0.05, 0.1) is 11.8 Å². The summed E-state index contributed by atoms with van der Waals surface area (Å²) in [5.41, 5.74) is 1.95. The summed E-state index contributed by atoms with van der Waals surface area (Å²) in [5.74, 6) is -1.99. The molecule has 0 aliphatic carbocycles. The molecule has 4 heterocycles. The zero-order valence-corrected chi connectivity index (χ0v) is 30.7. The molecule has 0 saturated carbocycles. The van der Waals surface area contributed by atoms with Gasteiger partial charge in [0.1, 0.15) is 35.2 Å². The first-order valence-electron chi connectivity index (χ1n) is 14.8. The Hall–Kier alpha value is -1.96. The van der Waals surface area contributed by atoms with Crippen LogP contribution in [-0.4, -0.2) is 114 Å². The number of halogens is 1. The van der Waals surface area contributed by atoms with Gasteiger partial charge in [0.25, 0.3) is 0 Å². The van der Waals surface area contributed by atoms with Crippen LogP contribution in [0.25, 0.3) is 22.4 Å². The van der Waals surface area contributed by atoms with Crippen molar-refractivity contribution in [3.8, 4) is 17.0 Å². The van der Waals surface area contributed by atoms with E-state index in [2.05, 4.69) is 10.1 Å². The van der Waals surface area contributed by atoms with Gasteiger partial charge in [0, 0.05) is 31.1 Å². The predicted molar refractivity (Wildman–Crippen MR) is 165 cm³/mol. The smallest absolute Gasteiger partial charge is 0.850 e. The van der Waals surface area contributed by atoms with Crippen molar-refractivity contribution in [2.45, 2.75) is 84.1 Å². The van der Waals surface area contributed by atoms with Crippen molar-refractivity contribution >= 4 is 37.1 Å². The number of hydrogen-bond donors (Lipinski definition) is 5. The van der Waals surface area contributed by atoms with Crippen molar-refractivity contribution < 1.29 is 105 Å². The second-order valence-electron chi connectivity index (χ2n) is 12.3. The number of aliphatic hydroxyl groups is 1. The summed E-state index contributed by atoms with van der Waals surface area (Å²) in [7, 11) is -1.73. The molecular weight excluding hydrogens is 644 g/mol. The Labute approximate surface area is 315 Å². The quantitative estimate of drug-likeness (QED) is 0.173. The van der Waals surface area contributed by atoms with Crippen LogP contribution < -0.4 is 61.2 Å². The van der Waals surface area contributed by atoms with E-state index in [-0.39, 0.29) is 83.1 Å². The van der Waals surface area contributed by atoms with Gasteiger partial charge >= 0.3 is 77.4 Å². The van der Waals surface area contributed by atoms with Gasteiger partial charge < -0.3 is 49.4 Å². The Morgan fingerprint density at radius 1 is 1.02 bits per heavy atom. The Morgan fingerprint density at radius 2 is 1.53 bits per heavy atom. The van der Waals surface area contributed by atoms with Crippen molar-refractivity contribution in [3.63, 3.8) is 0 Å². The second-order valence-corrected chi connectivity index (χ2v) is 12.3. The first-order valence-corrected chi connectivity index (χ1v) is 14.8. The molecule has 2 aromatic heterocycles. The summed E-state index contributed by atoms with van der Waals surface area (Å²) in [6.45, 7) is 10.1. The van der Waals surface area contributed by atoms with Crippen LogP contribution in [0.5, 0.6) is 5.75 Å². The van der Waals surface area contributed by atoms with Gasteiger partial charge in [-0.3, -0.25) is 9.59 Å². The maximum Gasteiger partial charge on any atom is 1.00 e. The molecule has 5 N–H and O–H groups in total. The molecule has 2 saturated heterocycles. The number of aromatic nitrogens is 2. The zero-order valence-electron chi connectivity index (χ0n) is 27.6. The molecule has 1 aromatic carbocycles. The topological polar surface area (TPSA) is 213 Å². The summed E-state index contributed by atoms with van der Waals surface area (Å²) in [6.07, 6.45) is -0.702. The van der Waals surface area contributed by atoms with Crippen molar-refractivity contribution in [2.75, 3.05) is 13.1 Å². The summed E-state index contributed by atoms with van der Waals surface area (Å²) >= 11 is 0. The average Bonchev–Trinajstić information content (AvgIpc) is 3.66. The molecule has 47 heavy (non-hydrogen) atoms. The molecule has 2 fully saturated rings. The molecule has 250 valence electrons. The van der Waals surface area contributed by atoms with Crippen LogP contribution in [0.2, 0.25) is 13.6 Å². The molecule has 0 unspecified atom stereocenters. The Morgan fingerprint density at radius 3 is 2.00 bits per heavy atom. The third-order valence-corrected chi connectivity index (χ3v) is 7.14. The van der Waals surface area contributed by atoms with Gasteiger partial charge in [-0.2, -0.15) is 0 Å². The predicted octanol–water partition coefficient (Wildman–Crippen LogP) is -1.88. The molecule has 0 spiro atoms. The molecule has 2 aliphatic rings. The largest absolute Gasteiger partial charge is 1.00 e. The van der Waals surface area contributed by atoms with Crippen LogP contribution in [0.15, 0.2) is 34.9 Å². The standard InChI is InChI=1S/C19H19BFN3O5.C6H12BNO4.C4H9O.K/c1-10-17-18(29-23-10)16(8-14(22-17)11-3-5-12(21)6-4-11)28-13-7-15(19(25)26)24(9-13)20(2)27;1-7(12)8-3-4(9)2-5(8)6(10)11;1-4(2,3)5;/h3-6,8,13,15,27H,7,9H2,1-2H3,(H,25,26);4-5,9,12H,2-3H2,1H3,(H,10,11);1-3H3;/q;;-1;+1/t13-,15+;4-,5+;;/m11../s1. The van der Waals surface area contributed by atoms with Crippen LogP contribution in [0.4, 0.5) is 4.39 Å². The number of carboxylic acid groups (broad SMARTS) is 2. The number of carbonyl (C=O) groups is 2. The van der Waals surface area contributed by atoms with E-state index in [0.717, 1.165) is 0 Å². The monoisotopic (exact) mass is 684 g/mol. The summed E-state index contributed by atoms with van der Waals surface area (Å²) in [5, 5.41) is 60.3. The third kappa shape index (κ3) is 11.8. The van der Waals surface area contributed by atoms with Crippen molar-refractivity contribution in [1.29, 1.82) is 0 Å². The molecule has 0 radical (unpaired) electrons. The molecular formula is C29H40B2FKN4O10. The Balaban J connectivity index is 0.000000355. The number of β-amino-alcohol motifs (C(OH)–C–C–N with tert-alkyl or cyclic N) is 1. The van der Waals surface area contributed by atoms with Gasteiger partial charge in [-0.15, -0.1) is 5.60 Å². The molecule has 3 aromatic rings. The summed E-state index contributed by atoms with van der Waals surface area (Å²) in [6, 6.07) is 5.99. The number of aliphatic carboxylic acids is 2. The van der Waals surface area contributed by atoms with E-state index >= 15 is 0 Å². The maximum absolute atomic E-state index is 13.3. The van der Waals surface area contributed by atoms with Crippen LogP contribution in [0, 0.1) is 12.7 Å². The number of aliphatic hydroxyl groups excluding tert-OH is 1. The molecule has 2 aliphatic heterocycles. The number of ether oxygens (including phenoxy) is 1. The number of pyridine rings is 1. The fourth-order valence-electron chi connectivity index (χ4n) is 5.09. The average molecular weight is 684 g/mol. The SMILES string of the molecule is CB(O)N1C[C@H](O)C[C@H]1C(=O)O.CB(O)N1C[C@H](Oc2cc(-c3ccc(F)cc3)nc3c(C)noc23)C[C@H]1C(=O)O.CC(C)(C)[O-].[K+]. The van der Waals surface area contributed by atoms with Gasteiger partial charge in [-0.1, -0.05) is 25.9 Å². The molecule has 14 nitrogen and oxygen atoms in total. The minimum atomic E-state index is -1.01. The number of fused-ring (bicyclic) bond motifs is 1. The zero-order chi connectivity index (χ0) is 34.5. The van der Waals surface area contributed by atoms with Crippen LogP contribution in [0.3, 0.4) is 0 Å². The van der Waals surface area contributed by atoms with E-state index in [4.69, 9.17) is 24.5 Å². The van der Waals surface area contributed by atoms with Crippen molar-refractivity contribution in [2.24, 2.45) is 0 Å². The number of benzene rings is 1. The van der Waals surface area contributed by atoms with E-state index in [9.17, 15) is 29.2 Å². The van der Waals surface area contributed by atoms with Gasteiger partial charge in [0.2, 0.25) is 5.58 Å². The Kier molecular flexibility index (Phi) is 15.4. The van der Waals surface area contributed by atoms with Gasteiger partial charge in [-0.25, -0.2) is 9.37 Å². The number of carboxylic acids is 2. The van der Waals surface area contributed by atoms with Gasteiger partial charge in [-0.05, 0) is 51.3 Å². The normalized spacial score (nSPS) is 21.2. The number of nitrogens with zero attached hydrogens (tertiary/aromatic N) is 4. The van der Waals surface area contributed by atoms with E-state index in [0.29, 0.717) is 33.8 Å². The van der Waals surface area contributed by atoms with Gasteiger partial charge in [0.15, 0.2) is 5.75 Å². The minimum absolute atomic E-state index is 0. The molecule has 5 rings (SSSR count). The molecule has 0 bridgehead atoms. The number of rotatable bonds is 7. The summed E-state index contributed by atoms with van der Waals surface area (Å²) in [4.78, 5) is 29.5. The van der Waals surface area contributed by atoms with Crippen molar-refractivity contribution in [1.82, 2.24) is 19.8 Å². The fraction of sp³-hybridized carbons (Fsp3) is 0.517. The number of hydrogen-bond acceptors (Lipinski definition) is 12. The second kappa shape index (κ2) is 17.6. The first-order chi connectivity index (χ1) is 21.3. The van der Waals surface area contributed by atoms with Crippen LogP contribution in [-0.2, 0) is 9.59 Å². The number of aryl methyl sites for hydroxylation is 1. The van der Waals surface area contributed by atoms with E-state index in [1.54, 1.807) is 45.9 Å². The van der Waals surface area contributed by atoms with Crippen LogP contribution in [0.1, 0.15) is 39.3 Å². The molecule has 0 amide bonds.